The Morgan fingerprint density at radius 1 is 1.05 bits per heavy atom. The van der Waals surface area contributed by atoms with Gasteiger partial charge in [0.1, 0.15) is 18.0 Å². The lowest BCUT2D eigenvalue weighted by atomic mass is 9.87. The second kappa shape index (κ2) is 12.6. The number of rotatable bonds is 9. The standard InChI is InChI=1S/C29H41N3O7S/c1-20-18-22(21-12-15-32(16-13-21)40(36,37)29(5,6)26(33)31-35)10-11-25(20)23-8-7-9-24(19-23)38-17-14-30-27(34)39-28(2,3)4/h7-11,18-19,21,35H,12-17H2,1-6H3,(H,30,34)(H,31,33). The van der Waals surface area contributed by atoms with Crippen LogP contribution in [0.4, 0.5) is 4.79 Å². The number of ether oxygens (including phenoxy) is 2. The van der Waals surface area contributed by atoms with Crippen molar-refractivity contribution in [3.05, 3.63) is 53.6 Å². The monoisotopic (exact) mass is 575 g/mol. The van der Waals surface area contributed by atoms with Gasteiger partial charge >= 0.3 is 6.09 Å². The van der Waals surface area contributed by atoms with E-state index >= 15 is 0 Å². The molecule has 40 heavy (non-hydrogen) atoms. The van der Waals surface area contributed by atoms with Crippen molar-refractivity contribution in [3.8, 4) is 16.9 Å². The van der Waals surface area contributed by atoms with Gasteiger partial charge in [0, 0.05) is 13.1 Å². The first-order valence-corrected chi connectivity index (χ1v) is 14.8. The molecule has 0 saturated carbocycles. The van der Waals surface area contributed by atoms with Crippen LogP contribution in [-0.2, 0) is 19.6 Å². The average molecular weight is 576 g/mol. The SMILES string of the molecule is Cc1cc(C2CCN(S(=O)(=O)C(C)(C)C(=O)NO)CC2)ccc1-c1cccc(OCCNC(=O)OC(C)(C)C)c1. The molecular weight excluding hydrogens is 534 g/mol. The minimum atomic E-state index is -3.93. The molecule has 0 spiro atoms. The van der Waals surface area contributed by atoms with Crippen LogP contribution in [0.5, 0.6) is 5.75 Å². The Morgan fingerprint density at radius 3 is 2.33 bits per heavy atom. The second-order valence-corrected chi connectivity index (χ2v) is 14.0. The molecule has 1 fully saturated rings. The zero-order chi connectivity index (χ0) is 29.7. The molecule has 1 aliphatic heterocycles. The van der Waals surface area contributed by atoms with Gasteiger partial charge in [0.05, 0.1) is 6.54 Å². The molecule has 2 amide bonds. The van der Waals surface area contributed by atoms with E-state index in [1.807, 2.05) is 52.0 Å². The molecule has 0 bridgehead atoms. The van der Waals surface area contributed by atoms with Crippen molar-refractivity contribution in [3.63, 3.8) is 0 Å². The number of nitrogens with zero attached hydrogens (tertiary/aromatic N) is 1. The highest BCUT2D eigenvalue weighted by Crippen LogP contribution is 2.35. The number of benzene rings is 2. The van der Waals surface area contributed by atoms with E-state index in [0.717, 1.165) is 22.3 Å². The van der Waals surface area contributed by atoms with Crippen LogP contribution in [0.3, 0.4) is 0 Å². The normalized spacial score (nSPS) is 15.4. The zero-order valence-corrected chi connectivity index (χ0v) is 24.9. The smallest absolute Gasteiger partial charge is 0.407 e. The number of aryl methyl sites for hydroxylation is 1. The Hall–Kier alpha value is -3.15. The second-order valence-electron chi connectivity index (χ2n) is 11.5. The van der Waals surface area contributed by atoms with Gasteiger partial charge in [0.15, 0.2) is 4.75 Å². The summed E-state index contributed by atoms with van der Waals surface area (Å²) < 4.78 is 36.7. The first-order chi connectivity index (χ1) is 18.7. The Balaban J connectivity index is 1.60. The van der Waals surface area contributed by atoms with Gasteiger partial charge in [-0.3, -0.25) is 10.0 Å². The summed E-state index contributed by atoms with van der Waals surface area (Å²) in [5.74, 6) is -0.0627. The van der Waals surface area contributed by atoms with Crippen molar-refractivity contribution < 1.29 is 32.7 Å². The van der Waals surface area contributed by atoms with Gasteiger partial charge in [-0.25, -0.2) is 23.0 Å². The predicted molar refractivity (Wildman–Crippen MR) is 153 cm³/mol. The molecule has 0 unspecified atom stereocenters. The topological polar surface area (TPSA) is 134 Å². The van der Waals surface area contributed by atoms with Crippen LogP contribution < -0.4 is 15.5 Å². The summed E-state index contributed by atoms with van der Waals surface area (Å²) >= 11 is 0. The van der Waals surface area contributed by atoms with Gasteiger partial charge in [-0.2, -0.15) is 0 Å². The minimum absolute atomic E-state index is 0.195. The van der Waals surface area contributed by atoms with Crippen LogP contribution in [-0.4, -0.2) is 66.5 Å². The van der Waals surface area contributed by atoms with E-state index in [2.05, 4.69) is 23.5 Å². The third-order valence-corrected chi connectivity index (χ3v) is 9.51. The number of alkyl carbamates (subject to hydrolysis) is 1. The maximum Gasteiger partial charge on any atom is 0.407 e. The molecule has 1 heterocycles. The van der Waals surface area contributed by atoms with Crippen LogP contribution in [0.2, 0.25) is 0 Å². The van der Waals surface area contributed by atoms with Crippen molar-refractivity contribution in [2.24, 2.45) is 0 Å². The van der Waals surface area contributed by atoms with E-state index in [0.29, 0.717) is 44.8 Å². The maximum atomic E-state index is 13.0. The molecular formula is C29H41N3O7S. The van der Waals surface area contributed by atoms with E-state index in [4.69, 9.17) is 14.7 Å². The lowest BCUT2D eigenvalue weighted by Crippen LogP contribution is -2.54. The molecule has 0 radical (unpaired) electrons. The summed E-state index contributed by atoms with van der Waals surface area (Å²) in [4.78, 5) is 23.7. The number of nitrogens with one attached hydrogen (secondary N) is 2. The van der Waals surface area contributed by atoms with E-state index in [1.165, 1.54) is 23.6 Å². The molecule has 0 aromatic heterocycles. The molecule has 11 heteroatoms. The first kappa shape index (κ1) is 31.4. The number of hydroxylamine groups is 1. The van der Waals surface area contributed by atoms with Crippen LogP contribution in [0.15, 0.2) is 42.5 Å². The highest BCUT2D eigenvalue weighted by Gasteiger charge is 2.46. The van der Waals surface area contributed by atoms with E-state index in [-0.39, 0.29) is 5.92 Å². The van der Waals surface area contributed by atoms with Crippen molar-refractivity contribution in [1.82, 2.24) is 15.1 Å². The van der Waals surface area contributed by atoms with Gasteiger partial charge in [0.25, 0.3) is 5.91 Å². The van der Waals surface area contributed by atoms with Gasteiger partial charge in [0.2, 0.25) is 10.0 Å². The molecule has 1 saturated heterocycles. The number of sulfonamides is 1. The number of hydrogen-bond acceptors (Lipinski definition) is 7. The predicted octanol–water partition coefficient (Wildman–Crippen LogP) is 4.36. The van der Waals surface area contributed by atoms with E-state index in [9.17, 15) is 18.0 Å². The maximum absolute atomic E-state index is 13.0. The van der Waals surface area contributed by atoms with Crippen molar-refractivity contribution >= 4 is 22.0 Å². The van der Waals surface area contributed by atoms with Crippen LogP contribution in [0, 0.1) is 6.92 Å². The molecule has 0 aliphatic carbocycles. The Bertz CT molecular complexity index is 1310. The number of amides is 2. The Labute approximate surface area is 237 Å². The van der Waals surface area contributed by atoms with Gasteiger partial charge in [-0.1, -0.05) is 30.3 Å². The molecule has 220 valence electrons. The summed E-state index contributed by atoms with van der Waals surface area (Å²) in [7, 11) is -3.93. The fraction of sp³-hybridized carbons (Fsp3) is 0.517. The zero-order valence-electron chi connectivity index (χ0n) is 24.1. The molecule has 3 rings (SSSR count). The highest BCUT2D eigenvalue weighted by atomic mass is 32.2. The van der Waals surface area contributed by atoms with E-state index in [1.54, 1.807) is 0 Å². The fourth-order valence-corrected chi connectivity index (χ4v) is 6.28. The van der Waals surface area contributed by atoms with Gasteiger partial charge < -0.3 is 14.8 Å². The number of piperidine rings is 1. The van der Waals surface area contributed by atoms with Crippen molar-refractivity contribution in [1.29, 1.82) is 0 Å². The first-order valence-electron chi connectivity index (χ1n) is 13.4. The van der Waals surface area contributed by atoms with E-state index < -0.39 is 32.4 Å². The average Bonchev–Trinajstić information content (AvgIpc) is 2.89. The largest absolute Gasteiger partial charge is 0.492 e. The highest BCUT2D eigenvalue weighted by molar-refractivity contribution is 7.91. The van der Waals surface area contributed by atoms with Gasteiger partial charge in [-0.15, -0.1) is 0 Å². The Morgan fingerprint density at radius 2 is 1.73 bits per heavy atom. The summed E-state index contributed by atoms with van der Waals surface area (Å²) in [6, 6.07) is 14.1. The lowest BCUT2D eigenvalue weighted by molar-refractivity contribution is -0.131. The van der Waals surface area contributed by atoms with Crippen LogP contribution in [0.25, 0.3) is 11.1 Å². The number of carbonyl (C=O) groups excluding carboxylic acids is 2. The number of hydrogen-bond donors (Lipinski definition) is 3. The number of carbonyl (C=O) groups is 2. The fourth-order valence-electron chi connectivity index (χ4n) is 4.66. The summed E-state index contributed by atoms with van der Waals surface area (Å²) in [6.45, 7) is 11.3. The minimum Gasteiger partial charge on any atom is -0.492 e. The molecule has 10 nitrogen and oxygen atoms in total. The summed E-state index contributed by atoms with van der Waals surface area (Å²) in [5, 5.41) is 11.6. The lowest BCUT2D eigenvalue weighted by Gasteiger charge is -2.36. The van der Waals surface area contributed by atoms with Crippen LogP contribution in [0.1, 0.15) is 64.5 Å². The third kappa shape index (κ3) is 7.52. The summed E-state index contributed by atoms with van der Waals surface area (Å²) in [5.41, 5.74) is 5.22. The molecule has 2 aromatic rings. The van der Waals surface area contributed by atoms with Crippen molar-refractivity contribution in [2.75, 3.05) is 26.2 Å². The molecule has 3 N–H and O–H groups in total. The van der Waals surface area contributed by atoms with Gasteiger partial charge in [-0.05, 0) is 94.7 Å². The van der Waals surface area contributed by atoms with Crippen LogP contribution >= 0.6 is 0 Å². The Kier molecular flexibility index (Phi) is 9.86. The summed E-state index contributed by atoms with van der Waals surface area (Å²) in [6.07, 6.45) is 0.788. The van der Waals surface area contributed by atoms with Crippen molar-refractivity contribution in [2.45, 2.75) is 70.7 Å². The molecule has 2 aromatic carbocycles. The molecule has 0 atom stereocenters. The third-order valence-electron chi connectivity index (χ3n) is 6.99. The molecule has 1 aliphatic rings. The quantitative estimate of drug-likeness (QED) is 0.230.